The first-order valence-corrected chi connectivity index (χ1v) is 8.57. The van der Waals surface area contributed by atoms with Gasteiger partial charge in [0.2, 0.25) is 5.91 Å². The lowest BCUT2D eigenvalue weighted by Crippen LogP contribution is -2.35. The molecule has 0 bridgehead atoms. The number of para-hydroxylation sites is 2. The fourth-order valence-electron chi connectivity index (χ4n) is 2.62. The lowest BCUT2D eigenvalue weighted by molar-refractivity contribution is -0.128. The van der Waals surface area contributed by atoms with Crippen molar-refractivity contribution in [3.8, 4) is 0 Å². The third-order valence-electron chi connectivity index (χ3n) is 3.80. The SMILES string of the molecule is O=C(CSc1nc2ccccc2o1)N1CCCCCCC1. The number of carbonyl (C=O) groups excluding carboxylic acids is 1. The van der Waals surface area contributed by atoms with Crippen LogP contribution in [0.3, 0.4) is 0 Å². The second kappa shape index (κ2) is 6.98. The molecule has 1 aliphatic heterocycles. The van der Waals surface area contributed by atoms with Crippen molar-refractivity contribution in [1.29, 1.82) is 0 Å². The number of amides is 1. The zero-order valence-corrected chi connectivity index (χ0v) is 12.9. The number of carbonyl (C=O) groups is 1. The highest BCUT2D eigenvalue weighted by Crippen LogP contribution is 2.23. The van der Waals surface area contributed by atoms with Crippen LogP contribution in [-0.2, 0) is 4.79 Å². The first-order chi connectivity index (χ1) is 10.3. The summed E-state index contributed by atoms with van der Waals surface area (Å²) in [5.41, 5.74) is 1.62. The lowest BCUT2D eigenvalue weighted by Gasteiger charge is -2.24. The largest absolute Gasteiger partial charge is 0.431 e. The maximum atomic E-state index is 12.3. The van der Waals surface area contributed by atoms with Gasteiger partial charge in [-0.25, -0.2) is 4.98 Å². The number of rotatable bonds is 3. The molecule has 0 aliphatic carbocycles. The van der Waals surface area contributed by atoms with Crippen molar-refractivity contribution < 1.29 is 9.21 Å². The third-order valence-corrected chi connectivity index (χ3v) is 4.62. The molecule has 1 aromatic carbocycles. The molecule has 21 heavy (non-hydrogen) atoms. The maximum Gasteiger partial charge on any atom is 0.257 e. The zero-order chi connectivity index (χ0) is 14.5. The molecular formula is C16H20N2O2S. The smallest absolute Gasteiger partial charge is 0.257 e. The van der Waals surface area contributed by atoms with Gasteiger partial charge in [-0.15, -0.1) is 0 Å². The van der Waals surface area contributed by atoms with Gasteiger partial charge in [-0.1, -0.05) is 43.2 Å². The number of nitrogens with zero attached hydrogens (tertiary/aromatic N) is 2. The van der Waals surface area contributed by atoms with Crippen molar-refractivity contribution in [2.45, 2.75) is 37.3 Å². The van der Waals surface area contributed by atoms with Crippen LogP contribution in [0.2, 0.25) is 0 Å². The summed E-state index contributed by atoms with van der Waals surface area (Å²) in [5.74, 6) is 0.608. The number of oxazole rings is 1. The minimum Gasteiger partial charge on any atom is -0.431 e. The highest BCUT2D eigenvalue weighted by molar-refractivity contribution is 7.99. The van der Waals surface area contributed by atoms with E-state index in [9.17, 15) is 4.79 Å². The standard InChI is InChI=1S/C16H20N2O2S/c19-15(18-10-6-2-1-3-7-11-18)12-21-16-17-13-8-4-5-9-14(13)20-16/h4-5,8-9H,1-3,6-7,10-12H2. The Labute approximate surface area is 128 Å². The Morgan fingerprint density at radius 2 is 1.86 bits per heavy atom. The molecule has 0 radical (unpaired) electrons. The number of aromatic nitrogens is 1. The van der Waals surface area contributed by atoms with Crippen molar-refractivity contribution >= 4 is 28.8 Å². The predicted molar refractivity (Wildman–Crippen MR) is 84.4 cm³/mol. The number of benzene rings is 1. The predicted octanol–water partition coefficient (Wildman–Crippen LogP) is 3.71. The Morgan fingerprint density at radius 3 is 2.62 bits per heavy atom. The van der Waals surface area contributed by atoms with Gasteiger partial charge < -0.3 is 9.32 Å². The molecule has 2 aromatic rings. The monoisotopic (exact) mass is 304 g/mol. The topological polar surface area (TPSA) is 46.3 Å². The van der Waals surface area contributed by atoms with E-state index in [1.165, 1.54) is 31.0 Å². The number of hydrogen-bond donors (Lipinski definition) is 0. The number of fused-ring (bicyclic) bond motifs is 1. The average Bonchev–Trinajstić information content (AvgIpc) is 2.87. The quantitative estimate of drug-likeness (QED) is 0.811. The van der Waals surface area contributed by atoms with Crippen molar-refractivity contribution in [3.63, 3.8) is 0 Å². The summed E-state index contributed by atoms with van der Waals surface area (Å²) in [6.45, 7) is 1.79. The van der Waals surface area contributed by atoms with E-state index in [0.717, 1.165) is 37.0 Å². The summed E-state index contributed by atoms with van der Waals surface area (Å²) in [4.78, 5) is 18.7. The molecule has 0 unspecified atom stereocenters. The van der Waals surface area contributed by atoms with Crippen LogP contribution >= 0.6 is 11.8 Å². The summed E-state index contributed by atoms with van der Waals surface area (Å²) in [6.07, 6.45) is 6.03. The summed E-state index contributed by atoms with van der Waals surface area (Å²) in [6, 6.07) is 7.67. The van der Waals surface area contributed by atoms with Gasteiger partial charge in [0.05, 0.1) is 5.75 Å². The van der Waals surface area contributed by atoms with Crippen LogP contribution in [0.1, 0.15) is 32.1 Å². The fourth-order valence-corrected chi connectivity index (χ4v) is 3.37. The van der Waals surface area contributed by atoms with E-state index in [-0.39, 0.29) is 5.91 Å². The van der Waals surface area contributed by atoms with E-state index < -0.39 is 0 Å². The van der Waals surface area contributed by atoms with Crippen LogP contribution in [0, 0.1) is 0 Å². The first-order valence-electron chi connectivity index (χ1n) is 7.59. The molecule has 1 saturated heterocycles. The molecule has 0 N–H and O–H groups in total. The van der Waals surface area contributed by atoms with Gasteiger partial charge in [-0.05, 0) is 25.0 Å². The molecule has 1 aromatic heterocycles. The molecule has 2 heterocycles. The second-order valence-corrected chi connectivity index (χ2v) is 6.31. The molecule has 5 heteroatoms. The van der Waals surface area contributed by atoms with E-state index in [1.54, 1.807) is 0 Å². The van der Waals surface area contributed by atoms with Gasteiger partial charge in [-0.2, -0.15) is 0 Å². The Hall–Kier alpha value is -1.49. The van der Waals surface area contributed by atoms with Crippen molar-refractivity contribution in [2.24, 2.45) is 0 Å². The summed E-state index contributed by atoms with van der Waals surface area (Å²) < 4.78 is 5.63. The summed E-state index contributed by atoms with van der Waals surface area (Å²) in [7, 11) is 0. The zero-order valence-electron chi connectivity index (χ0n) is 12.1. The summed E-state index contributed by atoms with van der Waals surface area (Å²) >= 11 is 1.39. The second-order valence-electron chi connectivity index (χ2n) is 5.38. The van der Waals surface area contributed by atoms with Gasteiger partial charge in [0.1, 0.15) is 5.52 Å². The third kappa shape index (κ3) is 3.79. The van der Waals surface area contributed by atoms with Crippen LogP contribution in [0.15, 0.2) is 33.9 Å². The Kier molecular flexibility index (Phi) is 4.80. The van der Waals surface area contributed by atoms with Crippen molar-refractivity contribution in [2.75, 3.05) is 18.8 Å². The van der Waals surface area contributed by atoms with Gasteiger partial charge in [0.15, 0.2) is 5.58 Å². The molecular weight excluding hydrogens is 284 g/mol. The van der Waals surface area contributed by atoms with Crippen molar-refractivity contribution in [3.05, 3.63) is 24.3 Å². The minimum atomic E-state index is 0.198. The molecule has 1 aliphatic rings. The number of hydrogen-bond acceptors (Lipinski definition) is 4. The van der Waals surface area contributed by atoms with Crippen molar-refractivity contribution in [1.82, 2.24) is 9.88 Å². The molecule has 0 spiro atoms. The Bertz CT molecular complexity index is 570. The van der Waals surface area contributed by atoms with E-state index in [4.69, 9.17) is 4.42 Å². The van der Waals surface area contributed by atoms with E-state index in [2.05, 4.69) is 4.98 Å². The average molecular weight is 304 g/mol. The van der Waals surface area contributed by atoms with Crippen LogP contribution in [0.25, 0.3) is 11.1 Å². The molecule has 1 amide bonds. The number of likely N-dealkylation sites (tertiary alicyclic amines) is 1. The van der Waals surface area contributed by atoms with Gasteiger partial charge >= 0.3 is 0 Å². The highest BCUT2D eigenvalue weighted by atomic mass is 32.2. The Balaban J connectivity index is 1.56. The first kappa shape index (κ1) is 14.4. The molecule has 3 rings (SSSR count). The normalized spacial score (nSPS) is 16.7. The lowest BCUT2D eigenvalue weighted by atomic mass is 10.1. The maximum absolute atomic E-state index is 12.3. The van der Waals surface area contributed by atoms with E-state index in [1.807, 2.05) is 29.2 Å². The minimum absolute atomic E-state index is 0.198. The van der Waals surface area contributed by atoms with Gasteiger partial charge in [-0.3, -0.25) is 4.79 Å². The van der Waals surface area contributed by atoms with Crippen LogP contribution in [0.5, 0.6) is 0 Å². The van der Waals surface area contributed by atoms with Crippen LogP contribution < -0.4 is 0 Å². The number of thioether (sulfide) groups is 1. The molecule has 112 valence electrons. The molecule has 0 atom stereocenters. The molecule has 0 saturated carbocycles. The van der Waals surface area contributed by atoms with Gasteiger partial charge in [0, 0.05) is 13.1 Å². The van der Waals surface area contributed by atoms with E-state index >= 15 is 0 Å². The van der Waals surface area contributed by atoms with Crippen LogP contribution in [0.4, 0.5) is 0 Å². The molecule has 4 nitrogen and oxygen atoms in total. The Morgan fingerprint density at radius 1 is 1.14 bits per heavy atom. The highest BCUT2D eigenvalue weighted by Gasteiger charge is 2.16. The summed E-state index contributed by atoms with van der Waals surface area (Å²) in [5, 5.41) is 0.580. The van der Waals surface area contributed by atoms with E-state index in [0.29, 0.717) is 11.0 Å². The van der Waals surface area contributed by atoms with Gasteiger partial charge in [0.25, 0.3) is 5.22 Å². The molecule has 1 fully saturated rings. The van der Waals surface area contributed by atoms with Crippen LogP contribution in [-0.4, -0.2) is 34.6 Å². The fraction of sp³-hybridized carbons (Fsp3) is 0.500.